The number of hydrogen-bond donors (Lipinski definition) is 0. The fraction of sp³-hybridized carbons (Fsp3) is 0.700. The largest absolute Gasteiger partial charge is 0.268 e. The zero-order chi connectivity index (χ0) is 12.7. The SMILES string of the molecule is Cc1nn(CC(C)(C)C)c(C)c1S(=O)(=O)Cl. The van der Waals surface area contributed by atoms with Crippen molar-refractivity contribution in [2.75, 3.05) is 0 Å². The maximum atomic E-state index is 11.4. The third-order valence-corrected chi connectivity index (χ3v) is 3.72. The summed E-state index contributed by atoms with van der Waals surface area (Å²) in [5.41, 5.74) is 1.09. The second kappa shape index (κ2) is 4.04. The molecule has 16 heavy (non-hydrogen) atoms. The van der Waals surface area contributed by atoms with Crippen LogP contribution in [0.2, 0.25) is 0 Å². The molecule has 1 heterocycles. The zero-order valence-electron chi connectivity index (χ0n) is 10.2. The van der Waals surface area contributed by atoms with Gasteiger partial charge in [-0.2, -0.15) is 5.10 Å². The van der Waals surface area contributed by atoms with E-state index in [0.29, 0.717) is 17.9 Å². The smallest absolute Gasteiger partial charge is 0.264 e. The molecule has 0 radical (unpaired) electrons. The van der Waals surface area contributed by atoms with Crippen LogP contribution in [0.4, 0.5) is 0 Å². The molecule has 0 aromatic carbocycles. The maximum absolute atomic E-state index is 11.4. The molecule has 0 unspecified atom stereocenters. The van der Waals surface area contributed by atoms with Crippen LogP contribution in [0.25, 0.3) is 0 Å². The van der Waals surface area contributed by atoms with E-state index in [9.17, 15) is 8.42 Å². The first-order valence-corrected chi connectivity index (χ1v) is 7.32. The van der Waals surface area contributed by atoms with Gasteiger partial charge in [-0.05, 0) is 19.3 Å². The van der Waals surface area contributed by atoms with Crippen molar-refractivity contribution in [1.29, 1.82) is 0 Å². The molecular weight excluding hydrogens is 248 g/mol. The third-order valence-electron chi connectivity index (χ3n) is 2.18. The third kappa shape index (κ3) is 2.98. The van der Waals surface area contributed by atoms with E-state index in [1.165, 1.54) is 0 Å². The molecule has 0 amide bonds. The highest BCUT2D eigenvalue weighted by Gasteiger charge is 2.24. The topological polar surface area (TPSA) is 52.0 Å². The number of halogens is 1. The lowest BCUT2D eigenvalue weighted by atomic mass is 9.97. The Balaban J connectivity index is 3.28. The van der Waals surface area contributed by atoms with Crippen LogP contribution in [0.3, 0.4) is 0 Å². The first-order chi connectivity index (χ1) is 7.02. The normalized spacial score (nSPS) is 13.1. The molecule has 0 aliphatic rings. The van der Waals surface area contributed by atoms with Crippen LogP contribution in [0, 0.1) is 19.3 Å². The van der Waals surface area contributed by atoms with Crippen molar-refractivity contribution in [2.45, 2.75) is 46.1 Å². The Morgan fingerprint density at radius 3 is 2.12 bits per heavy atom. The van der Waals surface area contributed by atoms with Crippen molar-refractivity contribution in [3.8, 4) is 0 Å². The summed E-state index contributed by atoms with van der Waals surface area (Å²) in [7, 11) is 1.66. The molecule has 0 spiro atoms. The molecule has 6 heteroatoms. The summed E-state index contributed by atoms with van der Waals surface area (Å²) in [4.78, 5) is 0.137. The van der Waals surface area contributed by atoms with Crippen LogP contribution in [0.15, 0.2) is 4.90 Å². The lowest BCUT2D eigenvalue weighted by Gasteiger charge is -2.19. The molecule has 0 N–H and O–H groups in total. The summed E-state index contributed by atoms with van der Waals surface area (Å²) < 4.78 is 24.4. The van der Waals surface area contributed by atoms with E-state index in [1.807, 2.05) is 0 Å². The van der Waals surface area contributed by atoms with Crippen LogP contribution < -0.4 is 0 Å². The molecule has 0 saturated carbocycles. The second-order valence-corrected chi connectivity index (χ2v) is 7.66. The average Bonchev–Trinajstić information content (AvgIpc) is 2.21. The summed E-state index contributed by atoms with van der Waals surface area (Å²) in [5.74, 6) is 0. The van der Waals surface area contributed by atoms with Crippen molar-refractivity contribution in [3.05, 3.63) is 11.4 Å². The number of aromatic nitrogens is 2. The summed E-state index contributed by atoms with van der Waals surface area (Å²) in [5, 5.41) is 4.22. The van der Waals surface area contributed by atoms with E-state index >= 15 is 0 Å². The number of aryl methyl sites for hydroxylation is 1. The predicted octanol–water partition coefficient (Wildman–Crippen LogP) is 2.47. The zero-order valence-corrected chi connectivity index (χ0v) is 11.8. The second-order valence-electron chi connectivity index (χ2n) is 5.16. The van der Waals surface area contributed by atoms with E-state index in [2.05, 4.69) is 25.9 Å². The van der Waals surface area contributed by atoms with Crippen LogP contribution >= 0.6 is 10.7 Å². The van der Waals surface area contributed by atoms with Gasteiger partial charge in [0.1, 0.15) is 4.90 Å². The van der Waals surface area contributed by atoms with E-state index < -0.39 is 9.05 Å². The van der Waals surface area contributed by atoms with Gasteiger partial charge in [0, 0.05) is 17.2 Å². The minimum absolute atomic E-state index is 0.0383. The van der Waals surface area contributed by atoms with Gasteiger partial charge in [-0.15, -0.1) is 0 Å². The van der Waals surface area contributed by atoms with E-state index in [0.717, 1.165) is 0 Å². The van der Waals surface area contributed by atoms with Gasteiger partial charge in [-0.1, -0.05) is 20.8 Å². The van der Waals surface area contributed by atoms with Crippen molar-refractivity contribution >= 4 is 19.7 Å². The van der Waals surface area contributed by atoms with Gasteiger partial charge in [-0.25, -0.2) is 8.42 Å². The Morgan fingerprint density at radius 2 is 1.81 bits per heavy atom. The first kappa shape index (κ1) is 13.5. The van der Waals surface area contributed by atoms with Crippen LogP contribution in [0.5, 0.6) is 0 Å². The molecule has 0 atom stereocenters. The van der Waals surface area contributed by atoms with Gasteiger partial charge >= 0.3 is 0 Å². The highest BCUT2D eigenvalue weighted by Crippen LogP contribution is 2.25. The Labute approximate surface area is 101 Å². The highest BCUT2D eigenvalue weighted by molar-refractivity contribution is 8.13. The Bertz CT molecular complexity index is 498. The monoisotopic (exact) mass is 264 g/mol. The molecule has 0 aliphatic heterocycles. The number of rotatable bonds is 2. The van der Waals surface area contributed by atoms with E-state index in [1.54, 1.807) is 18.5 Å². The predicted molar refractivity (Wildman–Crippen MR) is 64.2 cm³/mol. The number of hydrogen-bond acceptors (Lipinski definition) is 3. The molecule has 92 valence electrons. The maximum Gasteiger partial charge on any atom is 0.264 e. The Hall–Kier alpha value is -0.550. The van der Waals surface area contributed by atoms with Crippen LogP contribution in [-0.4, -0.2) is 18.2 Å². The molecule has 0 saturated heterocycles. The van der Waals surface area contributed by atoms with Gasteiger partial charge in [0.05, 0.1) is 11.4 Å². The Kier molecular flexibility index (Phi) is 3.41. The molecule has 1 rings (SSSR count). The van der Waals surface area contributed by atoms with Crippen LogP contribution in [0.1, 0.15) is 32.2 Å². The molecule has 0 bridgehead atoms. The summed E-state index contributed by atoms with van der Waals surface area (Å²) >= 11 is 0. The van der Waals surface area contributed by atoms with Crippen molar-refractivity contribution < 1.29 is 8.42 Å². The molecule has 4 nitrogen and oxygen atoms in total. The minimum atomic E-state index is -3.71. The van der Waals surface area contributed by atoms with Gasteiger partial charge < -0.3 is 0 Å². The summed E-state index contributed by atoms with van der Waals surface area (Å²) in [6.07, 6.45) is 0. The lowest BCUT2D eigenvalue weighted by molar-refractivity contribution is 0.320. The standard InChI is InChI=1S/C10H17ClN2O2S/c1-7-9(16(11,14)15)8(2)13(12-7)6-10(3,4)5/h6H2,1-5H3. The number of nitrogens with zero attached hydrogens (tertiary/aromatic N) is 2. The minimum Gasteiger partial charge on any atom is -0.268 e. The average molecular weight is 265 g/mol. The quantitative estimate of drug-likeness (QED) is 0.771. The van der Waals surface area contributed by atoms with Gasteiger partial charge in [0.2, 0.25) is 0 Å². The van der Waals surface area contributed by atoms with Crippen molar-refractivity contribution in [1.82, 2.24) is 9.78 Å². The summed E-state index contributed by atoms with van der Waals surface area (Å²) in [6, 6.07) is 0. The van der Waals surface area contributed by atoms with Crippen LogP contribution in [-0.2, 0) is 15.6 Å². The lowest BCUT2D eigenvalue weighted by Crippen LogP contribution is -2.17. The van der Waals surface area contributed by atoms with Gasteiger partial charge in [0.15, 0.2) is 0 Å². The fourth-order valence-corrected chi connectivity index (χ4v) is 3.16. The fourth-order valence-electron chi connectivity index (χ4n) is 1.64. The van der Waals surface area contributed by atoms with E-state index in [-0.39, 0.29) is 10.3 Å². The summed E-state index contributed by atoms with van der Waals surface area (Å²) in [6.45, 7) is 10.2. The Morgan fingerprint density at radius 1 is 1.31 bits per heavy atom. The molecule has 0 fully saturated rings. The highest BCUT2D eigenvalue weighted by atomic mass is 35.7. The molecular formula is C10H17ClN2O2S. The molecule has 1 aromatic heterocycles. The van der Waals surface area contributed by atoms with E-state index in [4.69, 9.17) is 10.7 Å². The molecule has 0 aliphatic carbocycles. The molecule has 1 aromatic rings. The van der Waals surface area contributed by atoms with Gasteiger partial charge in [-0.3, -0.25) is 4.68 Å². The van der Waals surface area contributed by atoms with Gasteiger partial charge in [0.25, 0.3) is 9.05 Å². The first-order valence-electron chi connectivity index (χ1n) is 5.01. The van der Waals surface area contributed by atoms with Crippen molar-refractivity contribution in [2.24, 2.45) is 5.41 Å². The van der Waals surface area contributed by atoms with Crippen molar-refractivity contribution in [3.63, 3.8) is 0 Å².